The average Bonchev–Trinajstić information content (AvgIpc) is 3.50. The van der Waals surface area contributed by atoms with Gasteiger partial charge in [0.15, 0.2) is 11.5 Å². The lowest BCUT2D eigenvalue weighted by molar-refractivity contribution is -0.125. The van der Waals surface area contributed by atoms with Gasteiger partial charge in [0.05, 0.1) is 37.0 Å². The second-order valence-corrected chi connectivity index (χ2v) is 7.65. The van der Waals surface area contributed by atoms with Crippen molar-refractivity contribution < 1.29 is 9.53 Å². The molecule has 10 nitrogen and oxygen atoms in total. The number of ether oxygens (including phenoxy) is 1. The van der Waals surface area contributed by atoms with E-state index in [1.54, 1.807) is 15.6 Å². The molecule has 160 valence electrons. The van der Waals surface area contributed by atoms with E-state index in [0.717, 1.165) is 49.9 Å². The van der Waals surface area contributed by atoms with E-state index in [9.17, 15) is 4.79 Å². The lowest BCUT2D eigenvalue weighted by Crippen LogP contribution is -2.36. The minimum atomic E-state index is -0.0471. The summed E-state index contributed by atoms with van der Waals surface area (Å²) in [5, 5.41) is 7.63. The van der Waals surface area contributed by atoms with Gasteiger partial charge in [0, 0.05) is 32.1 Å². The summed E-state index contributed by atoms with van der Waals surface area (Å²) in [6.07, 6.45) is 7.40. The number of nitrogens with one attached hydrogen (secondary N) is 1. The maximum absolute atomic E-state index is 11.9. The Morgan fingerprint density at radius 2 is 2.10 bits per heavy atom. The van der Waals surface area contributed by atoms with E-state index in [-0.39, 0.29) is 11.8 Å². The van der Waals surface area contributed by atoms with Crippen molar-refractivity contribution in [2.45, 2.75) is 12.3 Å². The molecule has 1 amide bonds. The average molecular weight is 420 g/mol. The summed E-state index contributed by atoms with van der Waals surface area (Å²) in [5.74, 6) is 1.64. The highest BCUT2D eigenvalue weighted by atomic mass is 16.5. The molecule has 2 saturated heterocycles. The molecule has 2 fully saturated rings. The summed E-state index contributed by atoms with van der Waals surface area (Å²) in [5.41, 5.74) is 2.33. The number of carbonyl (C=O) groups is 1. The van der Waals surface area contributed by atoms with Crippen molar-refractivity contribution in [3.63, 3.8) is 0 Å². The second kappa shape index (κ2) is 8.31. The highest BCUT2D eigenvalue weighted by Gasteiger charge is 2.28. The van der Waals surface area contributed by atoms with Crippen molar-refractivity contribution in [3.05, 3.63) is 49.2 Å². The van der Waals surface area contributed by atoms with E-state index >= 15 is 0 Å². The molecule has 5 heterocycles. The van der Waals surface area contributed by atoms with Crippen molar-refractivity contribution in [3.8, 4) is 0 Å². The van der Waals surface area contributed by atoms with Gasteiger partial charge in [0.25, 0.3) is 0 Å². The third-order valence-electron chi connectivity index (χ3n) is 5.72. The van der Waals surface area contributed by atoms with E-state index < -0.39 is 0 Å². The monoisotopic (exact) mass is 420 g/mol. The first-order valence-corrected chi connectivity index (χ1v) is 10.4. The fourth-order valence-corrected chi connectivity index (χ4v) is 4.04. The van der Waals surface area contributed by atoms with Crippen LogP contribution in [0.2, 0.25) is 0 Å². The highest BCUT2D eigenvalue weighted by Crippen LogP contribution is 2.29. The fourth-order valence-electron chi connectivity index (χ4n) is 4.04. The van der Waals surface area contributed by atoms with Gasteiger partial charge in [-0.15, -0.1) is 0 Å². The minimum absolute atomic E-state index is 0.0471. The van der Waals surface area contributed by atoms with Crippen molar-refractivity contribution >= 4 is 28.9 Å². The van der Waals surface area contributed by atoms with Gasteiger partial charge in [-0.25, -0.2) is 19.5 Å². The highest BCUT2D eigenvalue weighted by molar-refractivity contribution is 5.87. The molecule has 0 saturated carbocycles. The predicted octanol–water partition coefficient (Wildman–Crippen LogP) is 1.60. The zero-order chi connectivity index (χ0) is 21.2. The molecule has 1 atom stereocenters. The number of fused-ring (bicyclic) bond motifs is 1. The van der Waals surface area contributed by atoms with Crippen LogP contribution in [-0.4, -0.2) is 74.8 Å². The number of hydrogen-bond acceptors (Lipinski definition) is 8. The van der Waals surface area contributed by atoms with Crippen molar-refractivity contribution in [2.75, 3.05) is 49.6 Å². The third kappa shape index (κ3) is 3.93. The topological polar surface area (TPSA) is 101 Å². The number of likely N-dealkylation sites (tertiary alicyclic amines) is 1. The summed E-state index contributed by atoms with van der Waals surface area (Å²) in [6, 6.07) is 3.98. The van der Waals surface area contributed by atoms with E-state index in [1.807, 2.05) is 18.3 Å². The standard InChI is InChI=1S/C21H24N8O2/c1-2-19(30)28-6-5-15(12-28)17-13-29-21(23-14-24-29)20(26-17)25-16-3-4-18(22-11-16)27-7-9-31-10-8-27/h2-4,11,13-15H,1,5-10,12H2,(H,25,26). The van der Waals surface area contributed by atoms with Gasteiger partial charge in [0.1, 0.15) is 12.1 Å². The Morgan fingerprint density at radius 3 is 2.87 bits per heavy atom. The van der Waals surface area contributed by atoms with Gasteiger partial charge < -0.3 is 19.9 Å². The molecule has 1 N–H and O–H groups in total. The van der Waals surface area contributed by atoms with Crippen LogP contribution in [0.25, 0.3) is 5.65 Å². The minimum Gasteiger partial charge on any atom is -0.378 e. The number of anilines is 3. The van der Waals surface area contributed by atoms with E-state index in [0.29, 0.717) is 24.6 Å². The molecule has 3 aromatic heterocycles. The van der Waals surface area contributed by atoms with Gasteiger partial charge in [-0.1, -0.05) is 6.58 Å². The van der Waals surface area contributed by atoms with E-state index in [1.165, 1.54) is 12.4 Å². The van der Waals surface area contributed by atoms with Crippen LogP contribution in [-0.2, 0) is 9.53 Å². The van der Waals surface area contributed by atoms with Crippen molar-refractivity contribution in [1.29, 1.82) is 0 Å². The molecule has 3 aromatic rings. The number of pyridine rings is 1. The molecule has 0 aromatic carbocycles. The summed E-state index contributed by atoms with van der Waals surface area (Å²) in [6.45, 7) is 8.03. The number of hydrogen-bond donors (Lipinski definition) is 1. The molecular formula is C21H24N8O2. The first kappa shape index (κ1) is 19.4. The maximum atomic E-state index is 11.9. The Morgan fingerprint density at radius 1 is 1.23 bits per heavy atom. The first-order chi connectivity index (χ1) is 15.2. The van der Waals surface area contributed by atoms with Crippen LogP contribution >= 0.6 is 0 Å². The number of carbonyl (C=O) groups excluding carboxylic acids is 1. The number of nitrogens with zero attached hydrogens (tertiary/aromatic N) is 7. The summed E-state index contributed by atoms with van der Waals surface area (Å²) in [4.78, 5) is 29.7. The van der Waals surface area contributed by atoms with Gasteiger partial charge >= 0.3 is 0 Å². The van der Waals surface area contributed by atoms with Gasteiger partial charge in [-0.3, -0.25) is 4.79 Å². The third-order valence-corrected chi connectivity index (χ3v) is 5.72. The molecule has 2 aliphatic rings. The Kier molecular flexibility index (Phi) is 5.21. The molecule has 2 aliphatic heterocycles. The van der Waals surface area contributed by atoms with Crippen LogP contribution in [0.4, 0.5) is 17.3 Å². The van der Waals surface area contributed by atoms with Gasteiger partial charge in [-0.05, 0) is 24.6 Å². The number of rotatable bonds is 5. The predicted molar refractivity (Wildman–Crippen MR) is 115 cm³/mol. The number of morpholine rings is 1. The zero-order valence-corrected chi connectivity index (χ0v) is 17.1. The van der Waals surface area contributed by atoms with Crippen molar-refractivity contribution in [1.82, 2.24) is 29.5 Å². The Balaban J connectivity index is 1.38. The van der Waals surface area contributed by atoms with Crippen LogP contribution in [0.1, 0.15) is 18.0 Å². The van der Waals surface area contributed by atoms with Crippen LogP contribution in [0.15, 0.2) is 43.5 Å². The Hall–Kier alpha value is -3.53. The molecule has 10 heteroatoms. The van der Waals surface area contributed by atoms with Crippen LogP contribution in [0.5, 0.6) is 0 Å². The molecule has 0 radical (unpaired) electrons. The quantitative estimate of drug-likeness (QED) is 0.621. The first-order valence-electron chi connectivity index (χ1n) is 10.4. The van der Waals surface area contributed by atoms with Crippen molar-refractivity contribution in [2.24, 2.45) is 0 Å². The molecular weight excluding hydrogens is 396 g/mol. The molecule has 0 bridgehead atoms. The van der Waals surface area contributed by atoms with Gasteiger partial charge in [-0.2, -0.15) is 5.10 Å². The lowest BCUT2D eigenvalue weighted by Gasteiger charge is -2.27. The fraction of sp³-hybridized carbons (Fsp3) is 0.381. The summed E-state index contributed by atoms with van der Waals surface area (Å²) < 4.78 is 7.13. The smallest absolute Gasteiger partial charge is 0.245 e. The SMILES string of the molecule is C=CC(=O)N1CCC(c2cn3ncnc3c(Nc3ccc(N4CCOCC4)nc3)n2)C1. The largest absolute Gasteiger partial charge is 0.378 e. The van der Waals surface area contributed by atoms with Crippen LogP contribution < -0.4 is 10.2 Å². The normalized spacial score (nSPS) is 19.0. The van der Waals surface area contributed by atoms with Crippen LogP contribution in [0, 0.1) is 0 Å². The molecule has 5 rings (SSSR count). The lowest BCUT2D eigenvalue weighted by atomic mass is 10.1. The Bertz CT molecular complexity index is 1090. The Labute approximate surface area is 179 Å². The van der Waals surface area contributed by atoms with Gasteiger partial charge in [0.2, 0.25) is 5.91 Å². The molecule has 0 spiro atoms. The maximum Gasteiger partial charge on any atom is 0.245 e. The zero-order valence-electron chi connectivity index (χ0n) is 17.1. The summed E-state index contributed by atoms with van der Waals surface area (Å²) >= 11 is 0. The molecule has 1 unspecified atom stereocenters. The van der Waals surface area contributed by atoms with Crippen LogP contribution in [0.3, 0.4) is 0 Å². The number of amides is 1. The van der Waals surface area contributed by atoms with E-state index in [2.05, 4.69) is 31.9 Å². The molecule has 31 heavy (non-hydrogen) atoms. The van der Waals surface area contributed by atoms with E-state index in [4.69, 9.17) is 9.72 Å². The number of aromatic nitrogens is 5. The summed E-state index contributed by atoms with van der Waals surface area (Å²) in [7, 11) is 0. The molecule has 0 aliphatic carbocycles. The second-order valence-electron chi connectivity index (χ2n) is 7.65.